The summed E-state index contributed by atoms with van der Waals surface area (Å²) in [6.07, 6.45) is 2.34. The summed E-state index contributed by atoms with van der Waals surface area (Å²) in [6.45, 7) is 6.58. The average Bonchev–Trinajstić information content (AvgIpc) is 2.35. The quantitative estimate of drug-likeness (QED) is 0.580. The van der Waals surface area contributed by atoms with Gasteiger partial charge in [0.1, 0.15) is 0 Å². The number of allylic oxidation sites excluding steroid dienone is 2. The number of nitrogens with one attached hydrogen (secondary N) is 1. The summed E-state index contributed by atoms with van der Waals surface area (Å²) >= 11 is 0. The summed E-state index contributed by atoms with van der Waals surface area (Å²) in [7, 11) is 0. The molecule has 1 aliphatic carbocycles. The predicted octanol–water partition coefficient (Wildman–Crippen LogP) is 1.88. The van der Waals surface area contributed by atoms with Gasteiger partial charge < -0.3 is 5.32 Å². The van der Waals surface area contributed by atoms with Crippen molar-refractivity contribution in [1.29, 1.82) is 0 Å². The monoisotopic (exact) mass is 164 g/mol. The van der Waals surface area contributed by atoms with E-state index in [1.807, 2.05) is 0 Å². The highest BCUT2D eigenvalue weighted by atomic mass is 15.0. The summed E-state index contributed by atoms with van der Waals surface area (Å²) in [5, 5.41) is 3.53. The standard InChI is InChI=1S/C10H16N2/c1-6-4-5-9-10(6)12-8(3)7(2)11-9/h7-8,12H,4-5H2,1-3H3. The van der Waals surface area contributed by atoms with Crippen molar-refractivity contribution in [3.05, 3.63) is 11.3 Å². The minimum absolute atomic E-state index is 0.439. The van der Waals surface area contributed by atoms with Crippen molar-refractivity contribution in [1.82, 2.24) is 5.32 Å². The highest BCUT2D eigenvalue weighted by molar-refractivity contribution is 6.03. The highest BCUT2D eigenvalue weighted by Crippen LogP contribution is 2.26. The van der Waals surface area contributed by atoms with E-state index in [0.29, 0.717) is 12.1 Å². The molecule has 0 spiro atoms. The normalized spacial score (nSPS) is 34.4. The maximum absolute atomic E-state index is 4.67. The Morgan fingerprint density at radius 2 is 2.08 bits per heavy atom. The molecule has 2 nitrogen and oxygen atoms in total. The van der Waals surface area contributed by atoms with Crippen LogP contribution in [0.3, 0.4) is 0 Å². The SMILES string of the molecule is CC1=C2NC(C)C(C)N=C2CC1. The van der Waals surface area contributed by atoms with Crippen LogP contribution in [-0.4, -0.2) is 17.8 Å². The third-order valence-electron chi connectivity index (χ3n) is 2.91. The predicted molar refractivity (Wildman–Crippen MR) is 51.4 cm³/mol. The van der Waals surface area contributed by atoms with Crippen LogP contribution in [-0.2, 0) is 0 Å². The number of hydrogen-bond donors (Lipinski definition) is 1. The van der Waals surface area contributed by atoms with Gasteiger partial charge in [-0.05, 0) is 39.2 Å². The molecule has 0 saturated heterocycles. The summed E-state index contributed by atoms with van der Waals surface area (Å²) in [5.41, 5.74) is 4.12. The van der Waals surface area contributed by atoms with Gasteiger partial charge in [-0.25, -0.2) is 0 Å². The topological polar surface area (TPSA) is 24.4 Å². The summed E-state index contributed by atoms with van der Waals surface area (Å²) in [5.74, 6) is 0. The first-order valence-corrected chi connectivity index (χ1v) is 4.72. The van der Waals surface area contributed by atoms with Gasteiger partial charge in [0, 0.05) is 6.04 Å². The third-order valence-corrected chi connectivity index (χ3v) is 2.91. The molecule has 12 heavy (non-hydrogen) atoms. The van der Waals surface area contributed by atoms with E-state index in [1.54, 1.807) is 0 Å². The van der Waals surface area contributed by atoms with Crippen LogP contribution >= 0.6 is 0 Å². The second-order valence-electron chi connectivity index (χ2n) is 3.90. The first kappa shape index (κ1) is 7.84. The minimum Gasteiger partial charge on any atom is -0.379 e. The zero-order chi connectivity index (χ0) is 8.72. The van der Waals surface area contributed by atoms with E-state index in [4.69, 9.17) is 0 Å². The maximum atomic E-state index is 4.67. The molecule has 0 amide bonds. The van der Waals surface area contributed by atoms with Crippen molar-refractivity contribution >= 4 is 5.71 Å². The van der Waals surface area contributed by atoms with Crippen LogP contribution in [0.1, 0.15) is 33.6 Å². The highest BCUT2D eigenvalue weighted by Gasteiger charge is 2.26. The van der Waals surface area contributed by atoms with Gasteiger partial charge in [-0.15, -0.1) is 0 Å². The molecule has 0 aromatic rings. The van der Waals surface area contributed by atoms with Gasteiger partial charge >= 0.3 is 0 Å². The zero-order valence-electron chi connectivity index (χ0n) is 8.02. The molecule has 2 rings (SSSR count). The molecule has 0 saturated carbocycles. The fraction of sp³-hybridized carbons (Fsp3) is 0.700. The smallest absolute Gasteiger partial charge is 0.0673 e. The molecule has 0 aromatic heterocycles. The molecule has 1 aliphatic heterocycles. The molecule has 1 heterocycles. The van der Waals surface area contributed by atoms with Crippen molar-refractivity contribution < 1.29 is 0 Å². The van der Waals surface area contributed by atoms with Crippen molar-refractivity contribution in [2.75, 3.05) is 0 Å². The van der Waals surface area contributed by atoms with Crippen molar-refractivity contribution in [3.63, 3.8) is 0 Å². The first-order chi connectivity index (χ1) is 5.68. The van der Waals surface area contributed by atoms with E-state index < -0.39 is 0 Å². The third kappa shape index (κ3) is 1.06. The van der Waals surface area contributed by atoms with Crippen molar-refractivity contribution in [2.45, 2.75) is 45.7 Å². The van der Waals surface area contributed by atoms with Crippen LogP contribution < -0.4 is 5.32 Å². The van der Waals surface area contributed by atoms with E-state index in [-0.39, 0.29) is 0 Å². The Kier molecular flexibility index (Phi) is 1.71. The Morgan fingerprint density at radius 1 is 1.33 bits per heavy atom. The van der Waals surface area contributed by atoms with Crippen LogP contribution in [0.2, 0.25) is 0 Å². The first-order valence-electron chi connectivity index (χ1n) is 4.72. The average molecular weight is 164 g/mol. The molecule has 2 heteroatoms. The van der Waals surface area contributed by atoms with E-state index >= 15 is 0 Å². The Labute approximate surface area is 73.8 Å². The molecule has 2 unspecified atom stereocenters. The van der Waals surface area contributed by atoms with Crippen molar-refractivity contribution in [2.24, 2.45) is 4.99 Å². The molecular weight excluding hydrogens is 148 g/mol. The summed E-state index contributed by atoms with van der Waals surface area (Å²) in [6, 6.07) is 0.937. The number of hydrogen-bond acceptors (Lipinski definition) is 2. The van der Waals surface area contributed by atoms with E-state index in [9.17, 15) is 0 Å². The number of rotatable bonds is 0. The van der Waals surface area contributed by atoms with E-state index in [0.717, 1.165) is 6.42 Å². The lowest BCUT2D eigenvalue weighted by Crippen LogP contribution is -2.40. The van der Waals surface area contributed by atoms with Gasteiger partial charge in [-0.3, -0.25) is 4.99 Å². The lowest BCUT2D eigenvalue weighted by Gasteiger charge is -2.27. The molecular formula is C10H16N2. The molecule has 1 N–H and O–H groups in total. The van der Waals surface area contributed by atoms with Gasteiger partial charge in [0.2, 0.25) is 0 Å². The van der Waals surface area contributed by atoms with Gasteiger partial charge in [0.05, 0.1) is 17.5 Å². The Balaban J connectivity index is 2.35. The van der Waals surface area contributed by atoms with Gasteiger partial charge in [0.25, 0.3) is 0 Å². The summed E-state index contributed by atoms with van der Waals surface area (Å²) in [4.78, 5) is 4.67. The molecule has 66 valence electrons. The Hall–Kier alpha value is -0.790. The van der Waals surface area contributed by atoms with Crippen molar-refractivity contribution in [3.8, 4) is 0 Å². The van der Waals surface area contributed by atoms with Crippen LogP contribution in [0, 0.1) is 0 Å². The fourth-order valence-corrected chi connectivity index (χ4v) is 1.84. The molecule has 2 atom stereocenters. The van der Waals surface area contributed by atoms with Gasteiger partial charge in [0.15, 0.2) is 0 Å². The number of aliphatic imine (C=N–C) groups is 1. The lowest BCUT2D eigenvalue weighted by molar-refractivity contribution is 0.515. The summed E-state index contributed by atoms with van der Waals surface area (Å²) < 4.78 is 0. The van der Waals surface area contributed by atoms with Gasteiger partial charge in [-0.2, -0.15) is 0 Å². The lowest BCUT2D eigenvalue weighted by atomic mass is 10.1. The van der Waals surface area contributed by atoms with Crippen LogP contribution in [0.15, 0.2) is 16.3 Å². The van der Waals surface area contributed by atoms with Crippen LogP contribution in [0.25, 0.3) is 0 Å². The Bertz CT molecular complexity index is 263. The number of fused-ring (bicyclic) bond motifs is 1. The van der Waals surface area contributed by atoms with E-state index in [2.05, 4.69) is 31.1 Å². The molecule has 0 bridgehead atoms. The van der Waals surface area contributed by atoms with Crippen LogP contribution in [0.4, 0.5) is 0 Å². The van der Waals surface area contributed by atoms with E-state index in [1.165, 1.54) is 23.4 Å². The molecule has 0 radical (unpaired) electrons. The molecule has 2 aliphatic rings. The second kappa shape index (κ2) is 2.61. The Morgan fingerprint density at radius 3 is 2.83 bits per heavy atom. The number of nitrogens with zero attached hydrogens (tertiary/aromatic N) is 1. The minimum atomic E-state index is 0.439. The fourth-order valence-electron chi connectivity index (χ4n) is 1.84. The maximum Gasteiger partial charge on any atom is 0.0673 e. The van der Waals surface area contributed by atoms with Gasteiger partial charge in [-0.1, -0.05) is 0 Å². The molecule has 0 aromatic carbocycles. The second-order valence-corrected chi connectivity index (χ2v) is 3.90. The zero-order valence-corrected chi connectivity index (χ0v) is 8.02. The van der Waals surface area contributed by atoms with Crippen LogP contribution in [0.5, 0.6) is 0 Å². The molecule has 0 fully saturated rings. The largest absolute Gasteiger partial charge is 0.379 e.